The Kier molecular flexibility index (Phi) is 4.68. The first-order valence-electron chi connectivity index (χ1n) is 3.63. The summed E-state index contributed by atoms with van der Waals surface area (Å²) >= 11 is 0. The van der Waals surface area contributed by atoms with Gasteiger partial charge in [0.25, 0.3) is 0 Å². The minimum absolute atomic E-state index is 0.401. The molecular formula is C6H12N6O2. The molecule has 0 unspecified atom stereocenters. The van der Waals surface area contributed by atoms with Gasteiger partial charge in [0.1, 0.15) is 0 Å². The van der Waals surface area contributed by atoms with E-state index in [4.69, 9.17) is 11.5 Å². The lowest BCUT2D eigenvalue weighted by Crippen LogP contribution is -2.29. The highest BCUT2D eigenvalue weighted by Gasteiger charge is 1.98. The third kappa shape index (κ3) is 5.52. The molecule has 0 aromatic carbocycles. The van der Waals surface area contributed by atoms with E-state index >= 15 is 0 Å². The molecule has 0 saturated heterocycles. The van der Waals surface area contributed by atoms with Crippen LogP contribution in [0.2, 0.25) is 0 Å². The number of hydrogen-bond acceptors (Lipinski definition) is 4. The van der Waals surface area contributed by atoms with Crippen molar-refractivity contribution in [3.05, 3.63) is 0 Å². The molecule has 8 nitrogen and oxygen atoms in total. The minimum atomic E-state index is -0.778. The van der Waals surface area contributed by atoms with Crippen LogP contribution >= 0.6 is 0 Å². The Hall–Kier alpha value is -2.12. The predicted octanol–water partition coefficient (Wildman–Crippen LogP) is -0.925. The molecule has 4 amide bonds. The van der Waals surface area contributed by atoms with Crippen LogP contribution in [0.3, 0.4) is 0 Å². The molecule has 78 valence electrons. The molecule has 0 rings (SSSR count). The number of amides is 4. The highest BCUT2D eigenvalue weighted by molar-refractivity contribution is 6.40. The first-order chi connectivity index (χ1) is 6.43. The van der Waals surface area contributed by atoms with Crippen molar-refractivity contribution < 1.29 is 9.59 Å². The topological polar surface area (TPSA) is 135 Å². The summed E-state index contributed by atoms with van der Waals surface area (Å²) in [5.41, 5.74) is 14.4. The van der Waals surface area contributed by atoms with Gasteiger partial charge >= 0.3 is 12.1 Å². The second kappa shape index (κ2) is 5.51. The second-order valence-electron chi connectivity index (χ2n) is 2.35. The Balaban J connectivity index is 4.29. The molecule has 14 heavy (non-hydrogen) atoms. The van der Waals surface area contributed by atoms with E-state index in [1.807, 2.05) is 10.9 Å². The van der Waals surface area contributed by atoms with Gasteiger partial charge in [0.2, 0.25) is 0 Å². The molecule has 0 aliphatic carbocycles. The fourth-order valence-electron chi connectivity index (χ4n) is 0.440. The summed E-state index contributed by atoms with van der Waals surface area (Å²) in [5.74, 6) is 0. The van der Waals surface area contributed by atoms with Gasteiger partial charge < -0.3 is 11.5 Å². The summed E-state index contributed by atoms with van der Waals surface area (Å²) < 4.78 is 0. The minimum Gasteiger partial charge on any atom is -0.350 e. The van der Waals surface area contributed by atoms with Crippen LogP contribution in [0.5, 0.6) is 0 Å². The Morgan fingerprint density at radius 1 is 0.929 bits per heavy atom. The molecule has 6 N–H and O–H groups in total. The van der Waals surface area contributed by atoms with Crippen molar-refractivity contribution >= 4 is 23.5 Å². The van der Waals surface area contributed by atoms with E-state index < -0.39 is 12.1 Å². The maximum Gasteiger partial charge on any atom is 0.332 e. The van der Waals surface area contributed by atoms with Crippen LogP contribution in [-0.2, 0) is 0 Å². The third-order valence-corrected chi connectivity index (χ3v) is 1.19. The third-order valence-electron chi connectivity index (χ3n) is 1.19. The lowest BCUT2D eigenvalue weighted by molar-refractivity contribution is 0.248. The standard InChI is InChI=1S/C6H12N6O2/c1-3(9-11-5(7)13)4(2)10-12-6(8)14/h1-2H3,(H3,7,11,13)(H3,8,12,14)/b9-3-,10-4-. The van der Waals surface area contributed by atoms with E-state index in [1.54, 1.807) is 13.8 Å². The van der Waals surface area contributed by atoms with Crippen molar-refractivity contribution in [1.82, 2.24) is 10.9 Å². The van der Waals surface area contributed by atoms with Crippen molar-refractivity contribution in [1.29, 1.82) is 0 Å². The summed E-state index contributed by atoms with van der Waals surface area (Å²) in [4.78, 5) is 20.5. The molecule has 0 saturated carbocycles. The van der Waals surface area contributed by atoms with E-state index in [0.29, 0.717) is 11.4 Å². The first kappa shape index (κ1) is 11.9. The Labute approximate surface area is 80.4 Å². The molecule has 0 heterocycles. The summed E-state index contributed by atoms with van der Waals surface area (Å²) in [7, 11) is 0. The zero-order valence-corrected chi connectivity index (χ0v) is 7.87. The molecule has 0 radical (unpaired) electrons. The average molecular weight is 200 g/mol. The van der Waals surface area contributed by atoms with Gasteiger partial charge in [-0.3, -0.25) is 0 Å². The van der Waals surface area contributed by atoms with E-state index in [0.717, 1.165) is 0 Å². The Bertz CT molecular complexity index is 265. The number of nitrogens with zero attached hydrogens (tertiary/aromatic N) is 2. The summed E-state index contributed by atoms with van der Waals surface area (Å²) in [6, 6.07) is -1.56. The second-order valence-corrected chi connectivity index (χ2v) is 2.35. The zero-order valence-electron chi connectivity index (χ0n) is 7.87. The first-order valence-corrected chi connectivity index (χ1v) is 3.63. The number of rotatable bonds is 3. The van der Waals surface area contributed by atoms with Crippen LogP contribution in [0.15, 0.2) is 10.2 Å². The molecule has 0 aromatic heterocycles. The summed E-state index contributed by atoms with van der Waals surface area (Å²) in [5, 5.41) is 7.14. The van der Waals surface area contributed by atoms with Gasteiger partial charge in [0.05, 0.1) is 11.4 Å². The molecule has 0 bridgehead atoms. The van der Waals surface area contributed by atoms with Gasteiger partial charge in [-0.15, -0.1) is 0 Å². The zero-order chi connectivity index (χ0) is 11.1. The highest BCUT2D eigenvalue weighted by Crippen LogP contribution is 1.81. The molecule has 8 heteroatoms. The Morgan fingerprint density at radius 3 is 1.43 bits per heavy atom. The number of carbonyl (C=O) groups is 2. The van der Waals surface area contributed by atoms with Gasteiger partial charge in [-0.25, -0.2) is 20.4 Å². The molecule has 0 aliphatic rings. The predicted molar refractivity (Wildman–Crippen MR) is 51.7 cm³/mol. The van der Waals surface area contributed by atoms with Crippen LogP contribution in [0.1, 0.15) is 13.8 Å². The summed E-state index contributed by atoms with van der Waals surface area (Å²) in [6.45, 7) is 3.16. The van der Waals surface area contributed by atoms with Crippen molar-refractivity contribution in [3.63, 3.8) is 0 Å². The van der Waals surface area contributed by atoms with Gasteiger partial charge in [-0.1, -0.05) is 0 Å². The molecule has 0 aliphatic heterocycles. The molecule has 0 fully saturated rings. The maximum absolute atomic E-state index is 10.3. The van der Waals surface area contributed by atoms with Crippen LogP contribution in [-0.4, -0.2) is 23.5 Å². The van der Waals surface area contributed by atoms with Crippen LogP contribution in [0.25, 0.3) is 0 Å². The van der Waals surface area contributed by atoms with Crippen molar-refractivity contribution in [2.24, 2.45) is 21.7 Å². The van der Waals surface area contributed by atoms with E-state index in [-0.39, 0.29) is 0 Å². The Morgan fingerprint density at radius 2 is 1.21 bits per heavy atom. The van der Waals surface area contributed by atoms with Crippen molar-refractivity contribution in [2.45, 2.75) is 13.8 Å². The van der Waals surface area contributed by atoms with Gasteiger partial charge in [-0.05, 0) is 13.8 Å². The van der Waals surface area contributed by atoms with Gasteiger partial charge in [0.15, 0.2) is 0 Å². The van der Waals surface area contributed by atoms with Gasteiger partial charge in [0, 0.05) is 0 Å². The summed E-state index contributed by atoms with van der Waals surface area (Å²) in [6.07, 6.45) is 0. The van der Waals surface area contributed by atoms with Crippen molar-refractivity contribution in [2.75, 3.05) is 0 Å². The number of urea groups is 2. The van der Waals surface area contributed by atoms with Crippen LogP contribution in [0.4, 0.5) is 9.59 Å². The number of nitrogens with two attached hydrogens (primary N) is 2. The number of hydrogen-bond donors (Lipinski definition) is 4. The monoisotopic (exact) mass is 200 g/mol. The lowest BCUT2D eigenvalue weighted by Gasteiger charge is -1.99. The number of nitrogens with one attached hydrogen (secondary N) is 2. The molecular weight excluding hydrogens is 188 g/mol. The average Bonchev–Trinajstić information content (AvgIpc) is 2.09. The van der Waals surface area contributed by atoms with Crippen LogP contribution in [0, 0.1) is 0 Å². The molecule has 0 aromatic rings. The lowest BCUT2D eigenvalue weighted by atomic mass is 10.3. The van der Waals surface area contributed by atoms with Crippen molar-refractivity contribution in [3.8, 4) is 0 Å². The highest BCUT2D eigenvalue weighted by atomic mass is 16.2. The number of carbonyl (C=O) groups excluding carboxylic acids is 2. The van der Waals surface area contributed by atoms with Crippen LogP contribution < -0.4 is 22.3 Å². The fraction of sp³-hybridized carbons (Fsp3) is 0.333. The number of primary amides is 2. The van der Waals surface area contributed by atoms with E-state index in [9.17, 15) is 9.59 Å². The van der Waals surface area contributed by atoms with Gasteiger partial charge in [-0.2, -0.15) is 10.2 Å². The number of hydrazone groups is 2. The molecule has 0 atom stereocenters. The quantitative estimate of drug-likeness (QED) is 0.346. The molecule has 0 spiro atoms. The SMILES string of the molecule is CC(=N/NC(N)=O)/C(C)=N\NC(N)=O. The fourth-order valence-corrected chi connectivity index (χ4v) is 0.440. The maximum atomic E-state index is 10.3. The van der Waals surface area contributed by atoms with E-state index in [1.165, 1.54) is 0 Å². The normalized spacial score (nSPS) is 12.1. The van der Waals surface area contributed by atoms with E-state index in [2.05, 4.69) is 10.2 Å². The largest absolute Gasteiger partial charge is 0.350 e. The smallest absolute Gasteiger partial charge is 0.332 e.